The summed E-state index contributed by atoms with van der Waals surface area (Å²) in [5, 5.41) is 11.6. The molecule has 0 aliphatic carbocycles. The van der Waals surface area contributed by atoms with Crippen LogP contribution in [0.15, 0.2) is 34.8 Å². The normalized spacial score (nSPS) is 12.2. The van der Waals surface area contributed by atoms with Gasteiger partial charge in [-0.3, -0.25) is 4.79 Å². The Morgan fingerprint density at radius 2 is 1.46 bits per heavy atom. The maximum absolute atomic E-state index is 12.8. The van der Waals surface area contributed by atoms with Gasteiger partial charge in [0.15, 0.2) is 0 Å². The lowest BCUT2D eigenvalue weighted by molar-refractivity contribution is -0.143. The van der Waals surface area contributed by atoms with Crippen LogP contribution in [0.3, 0.4) is 0 Å². The van der Waals surface area contributed by atoms with Gasteiger partial charge in [0.05, 0.1) is 21.7 Å². The number of phenols is 1. The molecule has 140 valence electrons. The number of hydrogen-bond acceptors (Lipinski definition) is 2. The van der Waals surface area contributed by atoms with Gasteiger partial charge in [0.1, 0.15) is 5.75 Å². The van der Waals surface area contributed by atoms with Gasteiger partial charge in [0.2, 0.25) is 0 Å². The zero-order valence-electron chi connectivity index (χ0n) is 12.3. The quantitative estimate of drug-likeness (QED) is 0.530. The largest absolute Gasteiger partial charge is 0.507 e. The van der Waals surface area contributed by atoms with E-state index in [4.69, 9.17) is 11.6 Å². The summed E-state index contributed by atoms with van der Waals surface area (Å²) in [7, 11) is 0. The minimum absolute atomic E-state index is 0.00738. The first-order valence-electron chi connectivity index (χ1n) is 6.58. The predicted octanol–water partition coefficient (Wildman–Crippen LogP) is 6.10. The van der Waals surface area contributed by atoms with Crippen molar-refractivity contribution in [2.24, 2.45) is 0 Å². The molecule has 0 fully saturated rings. The van der Waals surface area contributed by atoms with Crippen LogP contribution >= 0.6 is 27.5 Å². The van der Waals surface area contributed by atoms with Crippen molar-refractivity contribution < 1.29 is 36.2 Å². The third-order valence-corrected chi connectivity index (χ3v) is 4.33. The van der Waals surface area contributed by atoms with Crippen molar-refractivity contribution in [1.29, 1.82) is 0 Å². The van der Waals surface area contributed by atoms with Gasteiger partial charge in [-0.1, -0.05) is 11.6 Å². The highest BCUT2D eigenvalue weighted by molar-refractivity contribution is 9.10. The maximum atomic E-state index is 12.8. The molecule has 0 aliphatic rings. The summed E-state index contributed by atoms with van der Waals surface area (Å²) in [6.07, 6.45) is -10.1. The van der Waals surface area contributed by atoms with Crippen LogP contribution in [0.1, 0.15) is 21.5 Å². The summed E-state index contributed by atoms with van der Waals surface area (Å²) >= 11 is 8.75. The molecule has 0 bridgehead atoms. The molecule has 0 heterocycles. The van der Waals surface area contributed by atoms with E-state index in [2.05, 4.69) is 15.9 Å². The Labute approximate surface area is 155 Å². The van der Waals surface area contributed by atoms with E-state index in [-0.39, 0.29) is 15.6 Å². The van der Waals surface area contributed by atoms with Gasteiger partial charge in [-0.2, -0.15) is 26.3 Å². The number of anilines is 1. The van der Waals surface area contributed by atoms with Crippen molar-refractivity contribution in [3.63, 3.8) is 0 Å². The van der Waals surface area contributed by atoms with Crippen LogP contribution in [0.4, 0.5) is 32.0 Å². The first kappa shape index (κ1) is 20.4. The third-order valence-electron chi connectivity index (χ3n) is 3.13. The van der Waals surface area contributed by atoms with Crippen LogP contribution in [-0.2, 0) is 12.4 Å². The lowest BCUT2D eigenvalue weighted by Gasteiger charge is -2.15. The highest BCUT2D eigenvalue weighted by Crippen LogP contribution is 2.38. The molecule has 2 N–H and O–H groups in total. The molecule has 0 unspecified atom stereocenters. The van der Waals surface area contributed by atoms with Gasteiger partial charge in [-0.05, 0) is 46.3 Å². The molecule has 11 heteroatoms. The number of nitrogens with one attached hydrogen (secondary N) is 1. The van der Waals surface area contributed by atoms with Crippen molar-refractivity contribution in [2.45, 2.75) is 12.4 Å². The van der Waals surface area contributed by atoms with Crippen molar-refractivity contribution in [3.8, 4) is 5.75 Å². The second-order valence-electron chi connectivity index (χ2n) is 5.03. The van der Waals surface area contributed by atoms with E-state index in [9.17, 15) is 36.2 Å². The third kappa shape index (κ3) is 4.61. The average Bonchev–Trinajstić information content (AvgIpc) is 2.48. The molecule has 2 aromatic rings. The van der Waals surface area contributed by atoms with Crippen LogP contribution in [0.2, 0.25) is 5.02 Å². The lowest BCUT2D eigenvalue weighted by Crippen LogP contribution is -2.16. The Bertz CT molecular complexity index is 834. The topological polar surface area (TPSA) is 49.3 Å². The Hall–Kier alpha value is -1.94. The van der Waals surface area contributed by atoms with Gasteiger partial charge in [0.25, 0.3) is 5.91 Å². The van der Waals surface area contributed by atoms with E-state index < -0.39 is 46.4 Å². The molecular formula is C15H7BrClF6NO2. The maximum Gasteiger partial charge on any atom is 0.416 e. The standard InChI is InChI=1S/C15H7BrClF6NO2/c16-10-5-12(25)9(4-11(10)17)13(26)24-8-2-6(14(18,19)20)1-7(3-8)15(21,22)23/h1-5,25H,(H,24,26). The number of carbonyl (C=O) groups excluding carboxylic acids is 1. The van der Waals surface area contributed by atoms with E-state index in [1.54, 1.807) is 0 Å². The molecule has 0 saturated carbocycles. The number of hydrogen-bond donors (Lipinski definition) is 2. The van der Waals surface area contributed by atoms with Gasteiger partial charge in [0, 0.05) is 10.2 Å². The summed E-state index contributed by atoms with van der Waals surface area (Å²) in [6, 6.07) is 2.71. The molecule has 0 aliphatic heterocycles. The van der Waals surface area contributed by atoms with Crippen LogP contribution in [0, 0.1) is 0 Å². The molecule has 1 amide bonds. The molecule has 0 aromatic heterocycles. The van der Waals surface area contributed by atoms with Crippen molar-refractivity contribution in [3.05, 3.63) is 56.5 Å². The summed E-state index contributed by atoms with van der Waals surface area (Å²) in [6.45, 7) is 0. The summed E-state index contributed by atoms with van der Waals surface area (Å²) in [5.41, 5.74) is -4.33. The van der Waals surface area contributed by atoms with E-state index >= 15 is 0 Å². The molecule has 0 spiro atoms. The average molecular weight is 463 g/mol. The predicted molar refractivity (Wildman–Crippen MR) is 85.2 cm³/mol. The highest BCUT2D eigenvalue weighted by Gasteiger charge is 2.37. The van der Waals surface area contributed by atoms with Crippen molar-refractivity contribution >= 4 is 39.1 Å². The van der Waals surface area contributed by atoms with E-state index in [1.165, 1.54) is 0 Å². The SMILES string of the molecule is O=C(Nc1cc(C(F)(F)F)cc(C(F)(F)F)c1)c1cc(Cl)c(Br)cc1O. The van der Waals surface area contributed by atoms with E-state index in [0.29, 0.717) is 12.1 Å². The molecule has 2 rings (SSSR count). The number of rotatable bonds is 2. The first-order chi connectivity index (χ1) is 11.8. The fourth-order valence-electron chi connectivity index (χ4n) is 1.94. The van der Waals surface area contributed by atoms with Gasteiger partial charge < -0.3 is 10.4 Å². The van der Waals surface area contributed by atoms with E-state index in [0.717, 1.165) is 12.1 Å². The van der Waals surface area contributed by atoms with Crippen molar-refractivity contribution in [2.75, 3.05) is 5.32 Å². The molecule has 0 atom stereocenters. The minimum atomic E-state index is -5.05. The number of alkyl halides is 6. The fourth-order valence-corrected chi connectivity index (χ4v) is 2.44. The summed E-state index contributed by atoms with van der Waals surface area (Å²) in [5.74, 6) is -1.70. The van der Waals surface area contributed by atoms with Crippen LogP contribution < -0.4 is 5.32 Å². The molecule has 0 saturated heterocycles. The molecule has 3 nitrogen and oxygen atoms in total. The zero-order chi connectivity index (χ0) is 19.9. The summed E-state index contributed by atoms with van der Waals surface area (Å²) in [4.78, 5) is 12.1. The summed E-state index contributed by atoms with van der Waals surface area (Å²) < 4.78 is 77.1. The smallest absolute Gasteiger partial charge is 0.416 e. The van der Waals surface area contributed by atoms with Crippen LogP contribution in [0.5, 0.6) is 5.75 Å². The molecular weight excluding hydrogens is 456 g/mol. The van der Waals surface area contributed by atoms with E-state index in [1.807, 2.05) is 5.32 Å². The van der Waals surface area contributed by atoms with Gasteiger partial charge >= 0.3 is 12.4 Å². The second-order valence-corrected chi connectivity index (χ2v) is 6.29. The lowest BCUT2D eigenvalue weighted by atomic mass is 10.1. The van der Waals surface area contributed by atoms with Crippen molar-refractivity contribution in [1.82, 2.24) is 0 Å². The zero-order valence-corrected chi connectivity index (χ0v) is 14.6. The molecule has 0 radical (unpaired) electrons. The number of phenolic OH excluding ortho intramolecular Hbond substituents is 1. The minimum Gasteiger partial charge on any atom is -0.507 e. The number of carbonyl (C=O) groups is 1. The highest BCUT2D eigenvalue weighted by atomic mass is 79.9. The van der Waals surface area contributed by atoms with Gasteiger partial charge in [-0.15, -0.1) is 0 Å². The number of benzene rings is 2. The first-order valence-corrected chi connectivity index (χ1v) is 7.75. The Morgan fingerprint density at radius 3 is 1.92 bits per heavy atom. The number of halogens is 8. The monoisotopic (exact) mass is 461 g/mol. The van der Waals surface area contributed by atoms with Crippen LogP contribution in [-0.4, -0.2) is 11.0 Å². The number of amides is 1. The Kier molecular flexibility index (Phi) is 5.48. The van der Waals surface area contributed by atoms with Crippen LogP contribution in [0.25, 0.3) is 0 Å². The Balaban J connectivity index is 2.46. The Morgan fingerprint density at radius 1 is 0.962 bits per heavy atom. The second kappa shape index (κ2) is 6.99. The van der Waals surface area contributed by atoms with Gasteiger partial charge in [-0.25, -0.2) is 0 Å². The number of aromatic hydroxyl groups is 1. The fraction of sp³-hybridized carbons (Fsp3) is 0.133. The molecule has 2 aromatic carbocycles. The molecule has 26 heavy (non-hydrogen) atoms.